The third kappa shape index (κ3) is 3.87. The molecule has 2 nitrogen and oxygen atoms in total. The third-order valence-electron chi connectivity index (χ3n) is 6.71. The Kier molecular flexibility index (Phi) is 5.31. The number of allylic oxidation sites excluding steroid dienone is 8. The number of benzene rings is 2. The largest absolute Gasteiger partial charge is 0.402 e. The number of rotatable bonds is 4. The van der Waals surface area contributed by atoms with Crippen molar-refractivity contribution in [3.05, 3.63) is 107 Å². The molecule has 3 aliphatic carbocycles. The molecule has 2 atom stereocenters. The molecular formula is C28H30N2. The second-order valence-corrected chi connectivity index (χ2v) is 8.68. The standard InChI is InChI=1S/C28H30N2/c29-23-16-12-22(13-17-23)27-9-3-4-11-28(27)30-24-18-14-21(15-19-24)26-10-5-7-20-6-1-2-8-25(20)26/h1-2,5-8,10-12,14,16,18-19,21,27,30H,3-4,9,13,15,17,29H2. The molecule has 0 bridgehead atoms. The van der Waals surface area contributed by atoms with Gasteiger partial charge in [-0.3, -0.25) is 0 Å². The van der Waals surface area contributed by atoms with E-state index < -0.39 is 0 Å². The summed E-state index contributed by atoms with van der Waals surface area (Å²) in [6, 6.07) is 15.4. The second kappa shape index (κ2) is 8.39. The van der Waals surface area contributed by atoms with Gasteiger partial charge in [0.1, 0.15) is 0 Å². The average molecular weight is 395 g/mol. The molecule has 0 saturated heterocycles. The summed E-state index contributed by atoms with van der Waals surface area (Å²) in [7, 11) is 0. The third-order valence-corrected chi connectivity index (χ3v) is 6.71. The highest BCUT2D eigenvalue weighted by Gasteiger charge is 2.23. The molecule has 0 fully saturated rings. The van der Waals surface area contributed by atoms with Crippen LogP contribution in [-0.4, -0.2) is 0 Å². The lowest BCUT2D eigenvalue weighted by Gasteiger charge is -2.30. The highest BCUT2D eigenvalue weighted by Crippen LogP contribution is 2.36. The van der Waals surface area contributed by atoms with Gasteiger partial charge >= 0.3 is 0 Å². The van der Waals surface area contributed by atoms with Gasteiger partial charge in [0, 0.05) is 28.9 Å². The van der Waals surface area contributed by atoms with Crippen LogP contribution in [0.15, 0.2) is 102 Å². The zero-order valence-electron chi connectivity index (χ0n) is 17.5. The molecule has 0 spiro atoms. The maximum absolute atomic E-state index is 5.97. The van der Waals surface area contributed by atoms with Crippen molar-refractivity contribution in [3.63, 3.8) is 0 Å². The molecule has 0 aromatic heterocycles. The van der Waals surface area contributed by atoms with Crippen molar-refractivity contribution in [1.29, 1.82) is 0 Å². The number of hydrogen-bond donors (Lipinski definition) is 2. The van der Waals surface area contributed by atoms with Crippen LogP contribution in [0.4, 0.5) is 0 Å². The van der Waals surface area contributed by atoms with Gasteiger partial charge in [0.2, 0.25) is 0 Å². The quantitative estimate of drug-likeness (QED) is 0.613. The second-order valence-electron chi connectivity index (χ2n) is 8.68. The van der Waals surface area contributed by atoms with Gasteiger partial charge in [-0.15, -0.1) is 0 Å². The van der Waals surface area contributed by atoms with Crippen LogP contribution in [-0.2, 0) is 0 Å². The highest BCUT2D eigenvalue weighted by atomic mass is 14.9. The first-order chi connectivity index (χ1) is 14.8. The van der Waals surface area contributed by atoms with Gasteiger partial charge in [0.15, 0.2) is 0 Å². The summed E-state index contributed by atoms with van der Waals surface area (Å²) in [6.07, 6.45) is 20.5. The van der Waals surface area contributed by atoms with Crippen molar-refractivity contribution in [3.8, 4) is 0 Å². The molecule has 0 amide bonds. The maximum Gasteiger partial charge on any atom is 0.0338 e. The fraction of sp³-hybridized carbons (Fsp3) is 0.286. The first-order valence-corrected chi connectivity index (χ1v) is 11.3. The summed E-state index contributed by atoms with van der Waals surface area (Å²) >= 11 is 0. The molecule has 0 aliphatic heterocycles. The molecule has 2 aromatic rings. The highest BCUT2D eigenvalue weighted by molar-refractivity contribution is 5.86. The van der Waals surface area contributed by atoms with Crippen molar-refractivity contribution < 1.29 is 0 Å². The average Bonchev–Trinajstić information content (AvgIpc) is 2.80. The molecule has 30 heavy (non-hydrogen) atoms. The van der Waals surface area contributed by atoms with E-state index in [1.807, 2.05) is 0 Å². The molecule has 2 heteroatoms. The van der Waals surface area contributed by atoms with Gasteiger partial charge in [-0.05, 0) is 67.0 Å². The summed E-state index contributed by atoms with van der Waals surface area (Å²) in [5.41, 5.74) is 12.5. The Hall–Kier alpha value is -3.00. The molecule has 3 N–H and O–H groups in total. The van der Waals surface area contributed by atoms with Crippen molar-refractivity contribution in [1.82, 2.24) is 5.32 Å². The maximum atomic E-state index is 5.97. The number of nitrogens with two attached hydrogens (primary N) is 1. The predicted molar refractivity (Wildman–Crippen MR) is 127 cm³/mol. The van der Waals surface area contributed by atoms with Gasteiger partial charge in [-0.25, -0.2) is 0 Å². The van der Waals surface area contributed by atoms with Gasteiger partial charge in [-0.1, -0.05) is 72.3 Å². The van der Waals surface area contributed by atoms with Gasteiger partial charge < -0.3 is 11.1 Å². The fourth-order valence-corrected chi connectivity index (χ4v) is 5.04. The van der Waals surface area contributed by atoms with Crippen LogP contribution >= 0.6 is 0 Å². The molecule has 5 rings (SSSR count). The van der Waals surface area contributed by atoms with Crippen LogP contribution in [0.3, 0.4) is 0 Å². The van der Waals surface area contributed by atoms with Crippen LogP contribution < -0.4 is 11.1 Å². The Labute approximate surface area is 179 Å². The SMILES string of the molecule is NC1=CC=C(C2CCCC=C2NC2=CCC(c3cccc4ccccc34)C=C2)CC1. The normalized spacial score (nSPS) is 24.0. The topological polar surface area (TPSA) is 38.0 Å². The minimum atomic E-state index is 0.437. The molecule has 0 heterocycles. The molecule has 2 aromatic carbocycles. The lowest BCUT2D eigenvalue weighted by atomic mass is 9.81. The zero-order chi connectivity index (χ0) is 20.3. The summed E-state index contributed by atoms with van der Waals surface area (Å²) in [5, 5.41) is 6.46. The van der Waals surface area contributed by atoms with Crippen molar-refractivity contribution in [2.24, 2.45) is 11.7 Å². The molecule has 3 aliphatic rings. The van der Waals surface area contributed by atoms with Gasteiger partial charge in [-0.2, -0.15) is 0 Å². The Balaban J connectivity index is 1.32. The number of fused-ring (bicyclic) bond motifs is 1. The van der Waals surface area contributed by atoms with E-state index in [0.717, 1.165) is 25.0 Å². The Morgan fingerprint density at radius 1 is 0.933 bits per heavy atom. The smallest absolute Gasteiger partial charge is 0.0338 e. The predicted octanol–water partition coefficient (Wildman–Crippen LogP) is 6.60. The first-order valence-electron chi connectivity index (χ1n) is 11.3. The summed E-state index contributed by atoms with van der Waals surface area (Å²) in [6.45, 7) is 0. The van der Waals surface area contributed by atoms with E-state index in [0.29, 0.717) is 11.8 Å². The molecule has 152 valence electrons. The Morgan fingerprint density at radius 2 is 1.83 bits per heavy atom. The van der Waals surface area contributed by atoms with Crippen LogP contribution in [0.1, 0.15) is 50.0 Å². The number of hydrogen-bond acceptors (Lipinski definition) is 2. The molecule has 0 radical (unpaired) electrons. The van der Waals surface area contributed by atoms with Crippen LogP contribution in [0.2, 0.25) is 0 Å². The Bertz CT molecular complexity index is 1090. The fourth-order valence-electron chi connectivity index (χ4n) is 5.04. The van der Waals surface area contributed by atoms with E-state index in [-0.39, 0.29) is 0 Å². The zero-order valence-corrected chi connectivity index (χ0v) is 17.5. The van der Waals surface area contributed by atoms with Crippen LogP contribution in [0.5, 0.6) is 0 Å². The Morgan fingerprint density at radius 3 is 2.67 bits per heavy atom. The first kappa shape index (κ1) is 19.0. The summed E-state index contributed by atoms with van der Waals surface area (Å²) < 4.78 is 0. The summed E-state index contributed by atoms with van der Waals surface area (Å²) in [5.74, 6) is 0.945. The van der Waals surface area contributed by atoms with Crippen LogP contribution in [0, 0.1) is 5.92 Å². The van der Waals surface area contributed by atoms with Crippen molar-refractivity contribution in [2.45, 2.75) is 44.4 Å². The van der Waals surface area contributed by atoms with Crippen molar-refractivity contribution in [2.75, 3.05) is 0 Å². The molecule has 0 saturated carbocycles. The molecular weight excluding hydrogens is 364 g/mol. The van der Waals surface area contributed by atoms with Crippen LogP contribution in [0.25, 0.3) is 10.8 Å². The summed E-state index contributed by atoms with van der Waals surface area (Å²) in [4.78, 5) is 0. The van der Waals surface area contributed by atoms with Gasteiger partial charge in [0.25, 0.3) is 0 Å². The molecule has 2 unspecified atom stereocenters. The van der Waals surface area contributed by atoms with E-state index in [9.17, 15) is 0 Å². The van der Waals surface area contributed by atoms with Gasteiger partial charge in [0.05, 0.1) is 0 Å². The van der Waals surface area contributed by atoms with E-state index in [2.05, 4.69) is 84.2 Å². The number of nitrogens with one attached hydrogen (secondary N) is 1. The van der Waals surface area contributed by atoms with Crippen molar-refractivity contribution >= 4 is 10.8 Å². The minimum absolute atomic E-state index is 0.437. The van der Waals surface area contributed by atoms with E-state index in [1.54, 1.807) is 0 Å². The van der Waals surface area contributed by atoms with E-state index in [1.165, 1.54) is 52.6 Å². The lowest BCUT2D eigenvalue weighted by molar-refractivity contribution is 0.528. The van der Waals surface area contributed by atoms with E-state index in [4.69, 9.17) is 5.73 Å². The van der Waals surface area contributed by atoms with E-state index >= 15 is 0 Å². The minimum Gasteiger partial charge on any atom is -0.402 e. The monoisotopic (exact) mass is 394 g/mol. The lowest BCUT2D eigenvalue weighted by Crippen LogP contribution is -2.24.